The highest BCUT2D eigenvalue weighted by atomic mass is 32.1. The van der Waals surface area contributed by atoms with Crippen LogP contribution in [0.4, 0.5) is 11.4 Å². The molecule has 0 heterocycles. The number of hydrogen-bond donors (Lipinski definition) is 2. The third-order valence-electron chi connectivity index (χ3n) is 3.77. The summed E-state index contributed by atoms with van der Waals surface area (Å²) in [6, 6.07) is 4.73. The van der Waals surface area contributed by atoms with E-state index in [0.717, 1.165) is 18.5 Å². The molecule has 1 aromatic carbocycles. The van der Waals surface area contributed by atoms with E-state index in [1.54, 1.807) is 6.07 Å². The number of rotatable bonds is 8. The van der Waals surface area contributed by atoms with Crippen LogP contribution in [0.2, 0.25) is 0 Å². The van der Waals surface area contributed by atoms with Gasteiger partial charge in [0.15, 0.2) is 5.11 Å². The second-order valence-corrected chi connectivity index (χ2v) is 5.92. The van der Waals surface area contributed by atoms with E-state index in [1.165, 1.54) is 31.4 Å². The van der Waals surface area contributed by atoms with E-state index in [-0.39, 0.29) is 5.69 Å². The van der Waals surface area contributed by atoms with Crippen LogP contribution in [0.1, 0.15) is 45.1 Å². The maximum Gasteiger partial charge on any atom is 0.271 e. The Morgan fingerprint density at radius 1 is 1.41 bits per heavy atom. The van der Waals surface area contributed by atoms with Gasteiger partial charge in [-0.15, -0.1) is 0 Å². The fourth-order valence-electron chi connectivity index (χ4n) is 2.21. The van der Waals surface area contributed by atoms with Crippen molar-refractivity contribution in [3.05, 3.63) is 33.9 Å². The van der Waals surface area contributed by atoms with Gasteiger partial charge in [0.1, 0.15) is 0 Å². The Morgan fingerprint density at radius 2 is 2.14 bits per heavy atom. The first-order chi connectivity index (χ1) is 10.5. The van der Waals surface area contributed by atoms with E-state index in [1.807, 2.05) is 6.92 Å². The fraction of sp³-hybridized carbons (Fsp3) is 0.562. The molecule has 22 heavy (non-hydrogen) atoms. The number of non-ortho nitro benzene ring substituents is 1. The first-order valence-corrected chi connectivity index (χ1v) is 8.18. The molecule has 0 aliphatic heterocycles. The zero-order valence-corrected chi connectivity index (χ0v) is 14.3. The van der Waals surface area contributed by atoms with Gasteiger partial charge in [0.2, 0.25) is 0 Å². The molecule has 0 bridgehead atoms. The summed E-state index contributed by atoms with van der Waals surface area (Å²) in [5.41, 5.74) is 1.66. The molecule has 0 saturated heterocycles. The summed E-state index contributed by atoms with van der Waals surface area (Å²) in [4.78, 5) is 10.4. The minimum Gasteiger partial charge on any atom is -0.362 e. The number of anilines is 1. The Labute approximate surface area is 137 Å². The molecule has 0 aromatic heterocycles. The first-order valence-electron chi connectivity index (χ1n) is 7.77. The number of unbranched alkanes of at least 4 members (excludes halogenated alkanes) is 1. The average Bonchev–Trinajstić information content (AvgIpc) is 2.49. The molecule has 1 rings (SSSR count). The molecule has 5 nitrogen and oxygen atoms in total. The topological polar surface area (TPSA) is 67.2 Å². The molecule has 122 valence electrons. The van der Waals surface area contributed by atoms with Gasteiger partial charge in [-0.2, -0.15) is 0 Å². The van der Waals surface area contributed by atoms with Crippen molar-refractivity contribution in [2.45, 2.75) is 46.5 Å². The van der Waals surface area contributed by atoms with Crippen molar-refractivity contribution in [3.8, 4) is 0 Å². The summed E-state index contributed by atoms with van der Waals surface area (Å²) in [6.07, 6.45) is 4.74. The second-order valence-electron chi connectivity index (χ2n) is 5.51. The van der Waals surface area contributed by atoms with Crippen molar-refractivity contribution in [2.24, 2.45) is 5.92 Å². The molecular weight excluding hydrogens is 298 g/mol. The molecule has 1 aromatic rings. The van der Waals surface area contributed by atoms with Gasteiger partial charge in [0, 0.05) is 24.4 Å². The molecule has 2 N–H and O–H groups in total. The van der Waals surface area contributed by atoms with Crippen molar-refractivity contribution >= 4 is 28.7 Å². The highest BCUT2D eigenvalue weighted by Gasteiger charge is 2.11. The Morgan fingerprint density at radius 3 is 2.73 bits per heavy atom. The number of benzene rings is 1. The highest BCUT2D eigenvalue weighted by molar-refractivity contribution is 7.80. The molecule has 0 spiro atoms. The quantitative estimate of drug-likeness (QED) is 0.421. The number of nitro benzene ring substituents is 1. The lowest BCUT2D eigenvalue weighted by atomic mass is 9.99. The van der Waals surface area contributed by atoms with Crippen LogP contribution in [-0.2, 0) is 0 Å². The van der Waals surface area contributed by atoms with Crippen LogP contribution in [0.25, 0.3) is 0 Å². The summed E-state index contributed by atoms with van der Waals surface area (Å²) in [6.45, 7) is 7.10. The van der Waals surface area contributed by atoms with E-state index < -0.39 is 4.92 Å². The summed E-state index contributed by atoms with van der Waals surface area (Å²) in [7, 11) is 0. The minimum atomic E-state index is -0.404. The molecule has 0 amide bonds. The summed E-state index contributed by atoms with van der Waals surface area (Å²) >= 11 is 5.29. The van der Waals surface area contributed by atoms with Crippen molar-refractivity contribution in [3.63, 3.8) is 0 Å². The third kappa shape index (κ3) is 5.97. The fourth-order valence-corrected chi connectivity index (χ4v) is 2.40. The van der Waals surface area contributed by atoms with E-state index in [2.05, 4.69) is 24.5 Å². The number of nitro groups is 1. The Kier molecular flexibility index (Phi) is 7.80. The van der Waals surface area contributed by atoms with E-state index >= 15 is 0 Å². The highest BCUT2D eigenvalue weighted by Crippen LogP contribution is 2.21. The SMILES string of the molecule is CCCC[C@@H](CC)CNC(=S)Nc1cc([N+](=O)[O-])ccc1C. The zero-order valence-electron chi connectivity index (χ0n) is 13.5. The van der Waals surface area contributed by atoms with Gasteiger partial charge < -0.3 is 10.6 Å². The van der Waals surface area contributed by atoms with Crippen LogP contribution in [-0.4, -0.2) is 16.6 Å². The number of hydrogen-bond acceptors (Lipinski definition) is 3. The molecule has 0 fully saturated rings. The Bertz CT molecular complexity index is 520. The van der Waals surface area contributed by atoms with Gasteiger partial charge in [-0.25, -0.2) is 0 Å². The van der Waals surface area contributed by atoms with Gasteiger partial charge in [-0.1, -0.05) is 39.2 Å². The largest absolute Gasteiger partial charge is 0.362 e. The van der Waals surface area contributed by atoms with Crippen molar-refractivity contribution in [2.75, 3.05) is 11.9 Å². The third-order valence-corrected chi connectivity index (χ3v) is 4.02. The van der Waals surface area contributed by atoms with E-state index in [9.17, 15) is 10.1 Å². The molecular formula is C16H25N3O2S. The average molecular weight is 323 g/mol. The van der Waals surface area contributed by atoms with Gasteiger partial charge in [0.05, 0.1) is 4.92 Å². The number of nitrogens with one attached hydrogen (secondary N) is 2. The minimum absolute atomic E-state index is 0.0604. The summed E-state index contributed by atoms with van der Waals surface area (Å²) in [5, 5.41) is 17.6. The van der Waals surface area contributed by atoms with Crippen molar-refractivity contribution < 1.29 is 4.92 Å². The number of nitrogens with zero attached hydrogens (tertiary/aromatic N) is 1. The Hall–Kier alpha value is -1.69. The molecule has 1 atom stereocenters. The lowest BCUT2D eigenvalue weighted by Gasteiger charge is -2.18. The van der Waals surface area contributed by atoms with Crippen LogP contribution >= 0.6 is 12.2 Å². The molecule has 0 radical (unpaired) electrons. The van der Waals surface area contributed by atoms with Crippen LogP contribution in [0, 0.1) is 23.0 Å². The predicted molar refractivity (Wildman–Crippen MR) is 95.4 cm³/mol. The van der Waals surface area contributed by atoms with Gasteiger partial charge in [0.25, 0.3) is 5.69 Å². The van der Waals surface area contributed by atoms with E-state index in [0.29, 0.717) is 16.7 Å². The maximum absolute atomic E-state index is 10.8. The molecule has 0 aliphatic rings. The van der Waals surface area contributed by atoms with Crippen LogP contribution in [0.5, 0.6) is 0 Å². The zero-order chi connectivity index (χ0) is 16.5. The van der Waals surface area contributed by atoms with Gasteiger partial charge in [-0.3, -0.25) is 10.1 Å². The Balaban J connectivity index is 2.57. The summed E-state index contributed by atoms with van der Waals surface area (Å²) in [5.74, 6) is 0.603. The lowest BCUT2D eigenvalue weighted by Crippen LogP contribution is -2.33. The van der Waals surface area contributed by atoms with Crippen molar-refractivity contribution in [1.29, 1.82) is 0 Å². The van der Waals surface area contributed by atoms with Crippen LogP contribution < -0.4 is 10.6 Å². The molecule has 0 saturated carbocycles. The standard InChI is InChI=1S/C16H25N3O2S/c1-4-6-7-13(5-2)11-17-16(22)18-15-10-14(19(20)21)9-8-12(15)3/h8-10,13H,4-7,11H2,1-3H3,(H2,17,18,22)/t13-/m1/s1. The smallest absolute Gasteiger partial charge is 0.271 e. The van der Waals surface area contributed by atoms with Crippen molar-refractivity contribution in [1.82, 2.24) is 5.32 Å². The van der Waals surface area contributed by atoms with Gasteiger partial charge >= 0.3 is 0 Å². The predicted octanol–water partition coefficient (Wildman–Crippen LogP) is 4.41. The summed E-state index contributed by atoms with van der Waals surface area (Å²) < 4.78 is 0. The molecule has 0 aliphatic carbocycles. The van der Waals surface area contributed by atoms with Crippen LogP contribution in [0.15, 0.2) is 18.2 Å². The van der Waals surface area contributed by atoms with E-state index in [4.69, 9.17) is 12.2 Å². The number of aryl methyl sites for hydroxylation is 1. The molecule has 6 heteroatoms. The lowest BCUT2D eigenvalue weighted by molar-refractivity contribution is -0.384. The second kappa shape index (κ2) is 9.35. The molecule has 0 unspecified atom stereocenters. The maximum atomic E-state index is 10.8. The number of thiocarbonyl (C=S) groups is 1. The van der Waals surface area contributed by atoms with Crippen LogP contribution in [0.3, 0.4) is 0 Å². The normalized spacial score (nSPS) is 11.8. The van der Waals surface area contributed by atoms with Gasteiger partial charge in [-0.05, 0) is 37.0 Å². The monoisotopic (exact) mass is 323 g/mol. The first kappa shape index (κ1) is 18.4.